The first kappa shape index (κ1) is 17.3. The third-order valence-corrected chi connectivity index (χ3v) is 4.73. The van der Waals surface area contributed by atoms with Crippen LogP contribution in [0.15, 0.2) is 44.6 Å². The quantitative estimate of drug-likeness (QED) is 0.683. The van der Waals surface area contributed by atoms with Crippen LogP contribution in [0.2, 0.25) is 0 Å². The average Bonchev–Trinajstić information content (AvgIpc) is 3.19. The molecule has 0 aliphatic carbocycles. The molecule has 2 aromatic heterocycles. The number of furan rings is 1. The van der Waals surface area contributed by atoms with E-state index < -0.39 is 0 Å². The molecule has 1 aromatic carbocycles. The van der Waals surface area contributed by atoms with Gasteiger partial charge in [0.25, 0.3) is 11.1 Å². The summed E-state index contributed by atoms with van der Waals surface area (Å²) in [7, 11) is 0. The summed E-state index contributed by atoms with van der Waals surface area (Å²) in [6.45, 7) is 7.58. The van der Waals surface area contributed by atoms with E-state index in [0.29, 0.717) is 16.9 Å². The van der Waals surface area contributed by atoms with Gasteiger partial charge in [0, 0.05) is 5.69 Å². The third kappa shape index (κ3) is 3.93. The Hall–Kier alpha value is -2.54. The van der Waals surface area contributed by atoms with Crippen LogP contribution in [0.5, 0.6) is 0 Å². The molecule has 0 saturated carbocycles. The minimum atomic E-state index is -0.376. The molecule has 1 N–H and O–H groups in total. The maximum absolute atomic E-state index is 12.4. The lowest BCUT2D eigenvalue weighted by atomic mass is 10.1. The maximum atomic E-state index is 12.4. The number of amides is 1. The molecule has 0 aliphatic rings. The van der Waals surface area contributed by atoms with Crippen molar-refractivity contribution >= 4 is 23.4 Å². The molecular formula is C18H19N3O3S. The first-order valence-corrected chi connectivity index (χ1v) is 8.74. The Morgan fingerprint density at radius 2 is 2.00 bits per heavy atom. The van der Waals surface area contributed by atoms with Crippen molar-refractivity contribution in [2.45, 2.75) is 38.2 Å². The first-order valence-electron chi connectivity index (χ1n) is 7.87. The Morgan fingerprint density at radius 1 is 1.20 bits per heavy atom. The lowest BCUT2D eigenvalue weighted by Gasteiger charge is -2.12. The van der Waals surface area contributed by atoms with E-state index in [0.717, 1.165) is 22.4 Å². The van der Waals surface area contributed by atoms with Gasteiger partial charge in [-0.1, -0.05) is 23.9 Å². The number of thioether (sulfide) groups is 1. The smallest absolute Gasteiger partial charge is 0.277 e. The van der Waals surface area contributed by atoms with Gasteiger partial charge in [0.05, 0.1) is 17.1 Å². The van der Waals surface area contributed by atoms with Gasteiger partial charge in [-0.05, 0) is 51.0 Å². The number of benzene rings is 1. The van der Waals surface area contributed by atoms with Crippen LogP contribution in [0.1, 0.15) is 23.8 Å². The summed E-state index contributed by atoms with van der Waals surface area (Å²) in [6, 6.07) is 7.73. The normalized spacial score (nSPS) is 12.2. The van der Waals surface area contributed by atoms with Crippen LogP contribution in [-0.2, 0) is 4.79 Å². The van der Waals surface area contributed by atoms with E-state index in [-0.39, 0.29) is 11.2 Å². The average molecular weight is 357 g/mol. The fourth-order valence-corrected chi connectivity index (χ4v) is 2.97. The summed E-state index contributed by atoms with van der Waals surface area (Å²) >= 11 is 1.22. The predicted molar refractivity (Wildman–Crippen MR) is 96.6 cm³/mol. The van der Waals surface area contributed by atoms with E-state index in [1.54, 1.807) is 19.3 Å². The summed E-state index contributed by atoms with van der Waals surface area (Å²) in [5.74, 6) is 0.981. The fraction of sp³-hybridized carbons (Fsp3) is 0.278. The van der Waals surface area contributed by atoms with Crippen LogP contribution >= 0.6 is 11.8 Å². The van der Waals surface area contributed by atoms with Crippen LogP contribution in [0, 0.1) is 20.8 Å². The summed E-state index contributed by atoms with van der Waals surface area (Å²) in [5.41, 5.74) is 3.69. The van der Waals surface area contributed by atoms with Crippen molar-refractivity contribution in [1.82, 2.24) is 10.2 Å². The number of aromatic nitrogens is 2. The largest absolute Gasteiger partial charge is 0.469 e. The fourth-order valence-electron chi connectivity index (χ4n) is 2.28. The van der Waals surface area contributed by atoms with E-state index in [2.05, 4.69) is 15.5 Å². The molecule has 6 nitrogen and oxygen atoms in total. The van der Waals surface area contributed by atoms with Gasteiger partial charge >= 0.3 is 0 Å². The molecule has 3 aromatic rings. The zero-order chi connectivity index (χ0) is 18.0. The molecule has 0 aliphatic heterocycles. The van der Waals surface area contributed by atoms with E-state index in [1.165, 1.54) is 11.8 Å². The first-order chi connectivity index (χ1) is 11.9. The number of rotatable bonds is 5. The van der Waals surface area contributed by atoms with Gasteiger partial charge < -0.3 is 14.2 Å². The third-order valence-electron chi connectivity index (χ3n) is 3.79. The van der Waals surface area contributed by atoms with Gasteiger partial charge in [0.15, 0.2) is 0 Å². The standard InChI is InChI=1S/C18H19N3O3S/c1-10-5-6-11(2)15(9-10)19-16(22)13(4)25-18-21-20-17(24-18)14-7-8-23-12(14)3/h5-9,13H,1-4H3,(H,19,22)/t13-/m1/s1. The van der Waals surface area contributed by atoms with Gasteiger partial charge in [-0.3, -0.25) is 4.79 Å². The molecule has 0 fully saturated rings. The second kappa shape index (κ2) is 7.14. The number of hydrogen-bond acceptors (Lipinski definition) is 6. The second-order valence-electron chi connectivity index (χ2n) is 5.83. The molecular weight excluding hydrogens is 338 g/mol. The summed E-state index contributed by atoms with van der Waals surface area (Å²) in [5, 5.41) is 10.9. The minimum Gasteiger partial charge on any atom is -0.469 e. The van der Waals surface area contributed by atoms with Crippen LogP contribution in [0.3, 0.4) is 0 Å². The van der Waals surface area contributed by atoms with Crippen molar-refractivity contribution in [2.75, 3.05) is 5.32 Å². The number of aryl methyl sites for hydroxylation is 3. The Balaban J connectivity index is 1.67. The van der Waals surface area contributed by atoms with E-state index in [4.69, 9.17) is 8.83 Å². The van der Waals surface area contributed by atoms with Gasteiger partial charge in [0.2, 0.25) is 5.91 Å². The van der Waals surface area contributed by atoms with E-state index in [1.807, 2.05) is 39.0 Å². The van der Waals surface area contributed by atoms with Gasteiger partial charge in [0.1, 0.15) is 5.76 Å². The number of nitrogens with zero attached hydrogens (tertiary/aromatic N) is 2. The molecule has 0 radical (unpaired) electrons. The van der Waals surface area contributed by atoms with Crippen LogP contribution < -0.4 is 5.32 Å². The van der Waals surface area contributed by atoms with Crippen molar-refractivity contribution in [3.05, 3.63) is 47.4 Å². The highest BCUT2D eigenvalue weighted by Gasteiger charge is 2.20. The molecule has 0 bridgehead atoms. The topological polar surface area (TPSA) is 81.2 Å². The Morgan fingerprint density at radius 3 is 2.72 bits per heavy atom. The van der Waals surface area contributed by atoms with Crippen LogP contribution in [0.25, 0.3) is 11.5 Å². The highest BCUT2D eigenvalue weighted by Crippen LogP contribution is 2.29. The predicted octanol–water partition coefficient (Wildman–Crippen LogP) is 4.37. The van der Waals surface area contributed by atoms with Crippen molar-refractivity contribution in [3.63, 3.8) is 0 Å². The molecule has 0 saturated heterocycles. The van der Waals surface area contributed by atoms with Gasteiger partial charge in [-0.25, -0.2) is 0 Å². The zero-order valence-corrected chi connectivity index (χ0v) is 15.3. The van der Waals surface area contributed by atoms with Crippen molar-refractivity contribution in [3.8, 4) is 11.5 Å². The lowest BCUT2D eigenvalue weighted by molar-refractivity contribution is -0.115. The molecule has 0 unspecified atom stereocenters. The molecule has 25 heavy (non-hydrogen) atoms. The van der Waals surface area contributed by atoms with Gasteiger partial charge in [-0.2, -0.15) is 0 Å². The monoisotopic (exact) mass is 357 g/mol. The number of anilines is 1. The van der Waals surface area contributed by atoms with Crippen molar-refractivity contribution < 1.29 is 13.6 Å². The van der Waals surface area contributed by atoms with E-state index in [9.17, 15) is 4.79 Å². The molecule has 1 atom stereocenters. The number of hydrogen-bond donors (Lipinski definition) is 1. The van der Waals surface area contributed by atoms with E-state index >= 15 is 0 Å². The zero-order valence-electron chi connectivity index (χ0n) is 14.5. The summed E-state index contributed by atoms with van der Waals surface area (Å²) in [6.07, 6.45) is 1.57. The van der Waals surface area contributed by atoms with Crippen LogP contribution in [0.4, 0.5) is 5.69 Å². The highest BCUT2D eigenvalue weighted by atomic mass is 32.2. The molecule has 3 rings (SSSR count). The highest BCUT2D eigenvalue weighted by molar-refractivity contribution is 8.00. The number of carbonyl (C=O) groups excluding carboxylic acids is 1. The van der Waals surface area contributed by atoms with Crippen molar-refractivity contribution in [2.24, 2.45) is 0 Å². The number of carbonyl (C=O) groups is 1. The Kier molecular flexibility index (Phi) is 4.94. The summed E-state index contributed by atoms with van der Waals surface area (Å²) < 4.78 is 10.9. The maximum Gasteiger partial charge on any atom is 0.277 e. The van der Waals surface area contributed by atoms with Gasteiger partial charge in [-0.15, -0.1) is 10.2 Å². The number of nitrogens with one attached hydrogen (secondary N) is 1. The Labute approximate surface area is 150 Å². The molecule has 130 valence electrons. The molecule has 2 heterocycles. The second-order valence-corrected chi connectivity index (χ2v) is 7.12. The molecule has 7 heteroatoms. The summed E-state index contributed by atoms with van der Waals surface area (Å²) in [4.78, 5) is 12.4. The van der Waals surface area contributed by atoms with Crippen molar-refractivity contribution in [1.29, 1.82) is 0 Å². The Bertz CT molecular complexity index is 901. The minimum absolute atomic E-state index is 0.113. The molecule has 1 amide bonds. The molecule has 0 spiro atoms. The van der Waals surface area contributed by atoms with Crippen LogP contribution in [-0.4, -0.2) is 21.4 Å². The lowest BCUT2D eigenvalue weighted by Crippen LogP contribution is -2.22. The SMILES string of the molecule is Cc1ccc(C)c(NC(=O)[C@@H](C)Sc2nnc(-c3ccoc3C)o2)c1.